The third-order valence-corrected chi connectivity index (χ3v) is 4.17. The molecule has 0 aliphatic carbocycles. The summed E-state index contributed by atoms with van der Waals surface area (Å²) in [5.41, 5.74) is 6.98. The van der Waals surface area contributed by atoms with Crippen LogP contribution in [-0.4, -0.2) is 11.2 Å². The molecule has 0 bridgehead atoms. The van der Waals surface area contributed by atoms with Crippen molar-refractivity contribution in [1.82, 2.24) is 4.98 Å². The molecule has 22 heavy (non-hydrogen) atoms. The SMILES string of the molecule is Cc1ccc(C=NNc2nc(-c3ccccc3)cs2)c(Cl)c1. The van der Waals surface area contributed by atoms with Gasteiger partial charge in [-0.3, -0.25) is 5.43 Å². The minimum atomic E-state index is 0.690. The number of rotatable bonds is 4. The molecule has 3 rings (SSSR count). The minimum Gasteiger partial charge on any atom is -0.253 e. The van der Waals surface area contributed by atoms with Gasteiger partial charge in [-0.05, 0) is 18.6 Å². The minimum absolute atomic E-state index is 0.690. The van der Waals surface area contributed by atoms with Crippen LogP contribution in [0.15, 0.2) is 59.0 Å². The van der Waals surface area contributed by atoms with E-state index >= 15 is 0 Å². The van der Waals surface area contributed by atoms with E-state index in [0.29, 0.717) is 5.02 Å². The first-order valence-corrected chi connectivity index (χ1v) is 8.04. The predicted octanol–water partition coefficient (Wildman–Crippen LogP) is 5.22. The largest absolute Gasteiger partial charge is 0.253 e. The predicted molar refractivity (Wildman–Crippen MR) is 95.0 cm³/mol. The Kier molecular flexibility index (Phi) is 4.51. The zero-order valence-corrected chi connectivity index (χ0v) is 13.5. The van der Waals surface area contributed by atoms with Gasteiger partial charge in [-0.25, -0.2) is 4.98 Å². The molecule has 0 aliphatic rings. The molecular weight excluding hydrogens is 314 g/mol. The normalized spacial score (nSPS) is 11.0. The maximum Gasteiger partial charge on any atom is 0.203 e. The molecule has 0 amide bonds. The Hall–Kier alpha value is -2.17. The van der Waals surface area contributed by atoms with Crippen LogP contribution in [0.3, 0.4) is 0 Å². The summed E-state index contributed by atoms with van der Waals surface area (Å²) < 4.78 is 0. The van der Waals surface area contributed by atoms with Crippen molar-refractivity contribution in [2.75, 3.05) is 5.43 Å². The fraction of sp³-hybridized carbons (Fsp3) is 0.0588. The molecule has 3 nitrogen and oxygen atoms in total. The molecule has 0 unspecified atom stereocenters. The smallest absolute Gasteiger partial charge is 0.203 e. The molecule has 0 saturated carbocycles. The van der Waals surface area contributed by atoms with E-state index in [0.717, 1.165) is 27.5 Å². The van der Waals surface area contributed by atoms with Gasteiger partial charge in [-0.2, -0.15) is 5.10 Å². The van der Waals surface area contributed by atoms with Gasteiger partial charge < -0.3 is 0 Å². The second-order valence-corrected chi connectivity index (χ2v) is 6.06. The maximum absolute atomic E-state index is 6.16. The van der Waals surface area contributed by atoms with Gasteiger partial charge in [-0.1, -0.05) is 54.1 Å². The lowest BCUT2D eigenvalue weighted by Crippen LogP contribution is -1.91. The Bertz CT molecular complexity index is 797. The summed E-state index contributed by atoms with van der Waals surface area (Å²) in [6.07, 6.45) is 1.70. The number of nitrogens with zero attached hydrogens (tertiary/aromatic N) is 2. The van der Waals surface area contributed by atoms with Crippen molar-refractivity contribution in [3.8, 4) is 11.3 Å². The summed E-state index contributed by atoms with van der Waals surface area (Å²) in [5, 5.41) is 7.64. The summed E-state index contributed by atoms with van der Waals surface area (Å²) in [5.74, 6) is 0. The first-order valence-electron chi connectivity index (χ1n) is 6.78. The Morgan fingerprint density at radius 1 is 1.18 bits per heavy atom. The number of aryl methyl sites for hydroxylation is 1. The molecule has 1 heterocycles. The van der Waals surface area contributed by atoms with Crippen molar-refractivity contribution < 1.29 is 0 Å². The summed E-state index contributed by atoms with van der Waals surface area (Å²) in [4.78, 5) is 4.51. The van der Waals surface area contributed by atoms with E-state index in [1.807, 2.05) is 60.8 Å². The molecule has 110 valence electrons. The van der Waals surface area contributed by atoms with Gasteiger partial charge in [0.05, 0.1) is 11.9 Å². The highest BCUT2D eigenvalue weighted by molar-refractivity contribution is 7.14. The lowest BCUT2D eigenvalue weighted by atomic mass is 10.2. The molecule has 0 spiro atoms. The van der Waals surface area contributed by atoms with E-state index in [1.165, 1.54) is 11.3 Å². The van der Waals surface area contributed by atoms with Gasteiger partial charge in [0.1, 0.15) is 0 Å². The van der Waals surface area contributed by atoms with Crippen molar-refractivity contribution in [1.29, 1.82) is 0 Å². The fourth-order valence-corrected chi connectivity index (χ4v) is 2.91. The number of halogens is 1. The number of thiazole rings is 1. The summed E-state index contributed by atoms with van der Waals surface area (Å²) in [7, 11) is 0. The van der Waals surface area contributed by atoms with Crippen molar-refractivity contribution in [2.45, 2.75) is 6.92 Å². The van der Waals surface area contributed by atoms with Crippen LogP contribution in [0.5, 0.6) is 0 Å². The first kappa shape index (κ1) is 14.8. The van der Waals surface area contributed by atoms with E-state index in [2.05, 4.69) is 15.5 Å². The Morgan fingerprint density at radius 3 is 2.77 bits per heavy atom. The molecule has 0 saturated heterocycles. The van der Waals surface area contributed by atoms with Crippen LogP contribution in [0.1, 0.15) is 11.1 Å². The highest BCUT2D eigenvalue weighted by Crippen LogP contribution is 2.24. The molecule has 0 fully saturated rings. The molecule has 5 heteroatoms. The van der Waals surface area contributed by atoms with E-state index < -0.39 is 0 Å². The summed E-state index contributed by atoms with van der Waals surface area (Å²) in [6.45, 7) is 2.01. The second kappa shape index (κ2) is 6.73. The Labute approximate surface area is 138 Å². The molecule has 1 N–H and O–H groups in total. The summed E-state index contributed by atoms with van der Waals surface area (Å²) >= 11 is 7.68. The quantitative estimate of drug-likeness (QED) is 0.527. The van der Waals surface area contributed by atoms with Crippen LogP contribution in [0.2, 0.25) is 5.02 Å². The van der Waals surface area contributed by atoms with E-state index in [-0.39, 0.29) is 0 Å². The molecule has 0 atom stereocenters. The summed E-state index contributed by atoms with van der Waals surface area (Å²) in [6, 6.07) is 15.9. The number of hydrogen-bond donors (Lipinski definition) is 1. The third-order valence-electron chi connectivity index (χ3n) is 3.09. The van der Waals surface area contributed by atoms with Crippen LogP contribution < -0.4 is 5.43 Å². The van der Waals surface area contributed by atoms with Gasteiger partial charge in [-0.15, -0.1) is 11.3 Å². The molecule has 0 radical (unpaired) electrons. The molecule has 0 aliphatic heterocycles. The number of hydrazone groups is 1. The van der Waals surface area contributed by atoms with Crippen LogP contribution in [0.4, 0.5) is 5.13 Å². The Balaban J connectivity index is 1.69. The van der Waals surface area contributed by atoms with Crippen LogP contribution in [0.25, 0.3) is 11.3 Å². The van der Waals surface area contributed by atoms with Crippen LogP contribution in [0, 0.1) is 6.92 Å². The highest BCUT2D eigenvalue weighted by atomic mass is 35.5. The number of anilines is 1. The highest BCUT2D eigenvalue weighted by Gasteiger charge is 2.03. The third kappa shape index (κ3) is 3.53. The topological polar surface area (TPSA) is 37.3 Å². The Morgan fingerprint density at radius 2 is 2.00 bits per heavy atom. The zero-order chi connectivity index (χ0) is 15.4. The van der Waals surface area contributed by atoms with Gasteiger partial charge in [0.2, 0.25) is 5.13 Å². The molecule has 3 aromatic rings. The van der Waals surface area contributed by atoms with E-state index in [1.54, 1.807) is 6.21 Å². The van der Waals surface area contributed by atoms with E-state index in [4.69, 9.17) is 11.6 Å². The van der Waals surface area contributed by atoms with Crippen molar-refractivity contribution in [3.63, 3.8) is 0 Å². The van der Waals surface area contributed by atoms with E-state index in [9.17, 15) is 0 Å². The first-order chi connectivity index (χ1) is 10.7. The number of benzene rings is 2. The van der Waals surface area contributed by atoms with Gasteiger partial charge >= 0.3 is 0 Å². The lowest BCUT2D eigenvalue weighted by molar-refractivity contribution is 1.29. The standard InChI is InChI=1S/C17H14ClN3S/c1-12-7-8-14(15(18)9-12)10-19-21-17-20-16(11-22-17)13-5-3-2-4-6-13/h2-11H,1H3,(H,20,21). The molecule has 1 aromatic heterocycles. The van der Waals surface area contributed by atoms with Crippen LogP contribution in [-0.2, 0) is 0 Å². The zero-order valence-electron chi connectivity index (χ0n) is 12.0. The molecule has 2 aromatic carbocycles. The molecular formula is C17H14ClN3S. The fourth-order valence-electron chi connectivity index (χ4n) is 1.96. The number of aromatic nitrogens is 1. The monoisotopic (exact) mass is 327 g/mol. The van der Waals surface area contributed by atoms with Crippen molar-refractivity contribution in [3.05, 3.63) is 70.1 Å². The average Bonchev–Trinajstić information content (AvgIpc) is 2.99. The van der Waals surface area contributed by atoms with Gasteiger partial charge in [0.25, 0.3) is 0 Å². The maximum atomic E-state index is 6.16. The van der Waals surface area contributed by atoms with Crippen molar-refractivity contribution >= 4 is 34.3 Å². The lowest BCUT2D eigenvalue weighted by Gasteiger charge is -1.99. The van der Waals surface area contributed by atoms with Gasteiger partial charge in [0, 0.05) is 21.5 Å². The number of nitrogens with one attached hydrogen (secondary N) is 1. The van der Waals surface area contributed by atoms with Crippen LogP contribution >= 0.6 is 22.9 Å². The average molecular weight is 328 g/mol. The van der Waals surface area contributed by atoms with Crippen molar-refractivity contribution in [2.24, 2.45) is 5.10 Å². The second-order valence-electron chi connectivity index (χ2n) is 4.80. The van der Waals surface area contributed by atoms with Gasteiger partial charge in [0.15, 0.2) is 0 Å². The number of hydrogen-bond acceptors (Lipinski definition) is 4.